The Balaban J connectivity index is 1.54. The molecule has 1 aliphatic heterocycles. The number of esters is 1. The molecule has 3 rings (SSSR count). The van der Waals surface area contributed by atoms with Crippen molar-refractivity contribution in [3.8, 4) is 0 Å². The average molecular weight is 439 g/mol. The van der Waals surface area contributed by atoms with Gasteiger partial charge in [0, 0.05) is 31.9 Å². The number of carbonyl (C=O) groups is 3. The van der Waals surface area contributed by atoms with E-state index in [2.05, 4.69) is 10.3 Å². The van der Waals surface area contributed by atoms with Crippen LogP contribution in [0.1, 0.15) is 44.6 Å². The summed E-state index contributed by atoms with van der Waals surface area (Å²) in [4.78, 5) is 45.4. The first-order valence-electron chi connectivity index (χ1n) is 10.8. The van der Waals surface area contributed by atoms with Crippen LogP contribution in [0.15, 0.2) is 30.3 Å². The molecule has 2 heterocycles. The monoisotopic (exact) mass is 438 g/mol. The third-order valence-corrected chi connectivity index (χ3v) is 5.57. The molecule has 0 unspecified atom stereocenters. The summed E-state index contributed by atoms with van der Waals surface area (Å²) < 4.78 is 5.01. The Morgan fingerprint density at radius 2 is 1.66 bits per heavy atom. The highest BCUT2D eigenvalue weighted by Gasteiger charge is 2.25. The number of pyridine rings is 1. The number of carbonyl (C=O) groups excluding carboxylic acids is 3. The number of nitrogens with zero attached hydrogens (tertiary/aromatic N) is 3. The number of amides is 2. The maximum absolute atomic E-state index is 12.9. The highest BCUT2D eigenvalue weighted by Crippen LogP contribution is 2.19. The second-order valence-corrected chi connectivity index (χ2v) is 7.93. The minimum absolute atomic E-state index is 0.0611. The topological polar surface area (TPSA) is 91.8 Å². The first-order chi connectivity index (χ1) is 15.3. The van der Waals surface area contributed by atoms with Gasteiger partial charge < -0.3 is 15.0 Å². The number of ether oxygens (including phenoxy) is 1. The van der Waals surface area contributed by atoms with Gasteiger partial charge in [0.25, 0.3) is 5.91 Å². The van der Waals surface area contributed by atoms with Gasteiger partial charge in [0.2, 0.25) is 5.91 Å². The van der Waals surface area contributed by atoms with Crippen LogP contribution in [0.25, 0.3) is 0 Å². The van der Waals surface area contributed by atoms with E-state index in [0.29, 0.717) is 43.1 Å². The fourth-order valence-electron chi connectivity index (χ4n) is 3.77. The van der Waals surface area contributed by atoms with Crippen LogP contribution in [0.5, 0.6) is 0 Å². The molecule has 8 heteroatoms. The summed E-state index contributed by atoms with van der Waals surface area (Å²) >= 11 is 0. The van der Waals surface area contributed by atoms with E-state index in [0.717, 1.165) is 16.8 Å². The Hall–Kier alpha value is -3.26. The molecule has 2 aromatic rings. The lowest BCUT2D eigenvalue weighted by Gasteiger charge is -2.34. The van der Waals surface area contributed by atoms with Crippen LogP contribution in [0, 0.1) is 20.8 Å². The summed E-state index contributed by atoms with van der Waals surface area (Å²) in [6.45, 7) is 10.2. The molecule has 0 bridgehead atoms. The smallest absolute Gasteiger partial charge is 0.339 e. The molecule has 0 spiro atoms. The molecule has 1 aliphatic rings. The molecule has 0 aliphatic carbocycles. The largest absolute Gasteiger partial charge is 0.462 e. The highest BCUT2D eigenvalue weighted by molar-refractivity contribution is 5.95. The number of para-hydroxylation sites is 1. The fourth-order valence-corrected chi connectivity index (χ4v) is 3.77. The molecule has 2 amide bonds. The van der Waals surface area contributed by atoms with Gasteiger partial charge in [-0.3, -0.25) is 14.5 Å². The van der Waals surface area contributed by atoms with Crippen molar-refractivity contribution >= 4 is 23.5 Å². The molecule has 170 valence electrons. The number of hydrogen-bond donors (Lipinski definition) is 1. The summed E-state index contributed by atoms with van der Waals surface area (Å²) in [7, 11) is 0. The molecule has 32 heavy (non-hydrogen) atoms. The van der Waals surface area contributed by atoms with E-state index in [-0.39, 0.29) is 25.0 Å². The lowest BCUT2D eigenvalue weighted by atomic mass is 10.1. The van der Waals surface area contributed by atoms with E-state index in [1.807, 2.05) is 36.9 Å². The van der Waals surface area contributed by atoms with Gasteiger partial charge in [-0.1, -0.05) is 18.2 Å². The van der Waals surface area contributed by atoms with Gasteiger partial charge in [-0.25, -0.2) is 9.78 Å². The number of rotatable bonds is 6. The molecular formula is C24H30N4O4. The van der Waals surface area contributed by atoms with Gasteiger partial charge in [-0.05, 0) is 51.0 Å². The van der Waals surface area contributed by atoms with Gasteiger partial charge in [0.1, 0.15) is 5.69 Å². The Morgan fingerprint density at radius 1 is 1.00 bits per heavy atom. The molecule has 1 fully saturated rings. The van der Waals surface area contributed by atoms with Gasteiger partial charge >= 0.3 is 5.97 Å². The van der Waals surface area contributed by atoms with Crippen molar-refractivity contribution in [1.29, 1.82) is 0 Å². The van der Waals surface area contributed by atoms with Crippen molar-refractivity contribution in [2.75, 3.05) is 44.6 Å². The zero-order valence-electron chi connectivity index (χ0n) is 19.1. The van der Waals surface area contributed by atoms with Crippen LogP contribution in [-0.2, 0) is 9.53 Å². The first-order valence-corrected chi connectivity index (χ1v) is 10.8. The first kappa shape index (κ1) is 23.4. The highest BCUT2D eigenvalue weighted by atomic mass is 16.5. The molecule has 0 saturated carbocycles. The Kier molecular flexibility index (Phi) is 7.58. The number of aromatic nitrogens is 1. The van der Waals surface area contributed by atoms with Crippen molar-refractivity contribution in [2.45, 2.75) is 27.7 Å². The third kappa shape index (κ3) is 5.50. The van der Waals surface area contributed by atoms with Crippen molar-refractivity contribution < 1.29 is 19.1 Å². The summed E-state index contributed by atoms with van der Waals surface area (Å²) in [6, 6.07) is 9.06. The number of nitrogens with one attached hydrogen (secondary N) is 1. The molecule has 1 aromatic heterocycles. The van der Waals surface area contributed by atoms with E-state index in [1.165, 1.54) is 0 Å². The van der Waals surface area contributed by atoms with Crippen molar-refractivity contribution in [2.24, 2.45) is 0 Å². The van der Waals surface area contributed by atoms with Gasteiger partial charge in [-0.2, -0.15) is 0 Å². The molecule has 1 saturated heterocycles. The zero-order chi connectivity index (χ0) is 23.3. The van der Waals surface area contributed by atoms with E-state index >= 15 is 0 Å². The van der Waals surface area contributed by atoms with Crippen LogP contribution in [-0.4, -0.2) is 71.9 Å². The van der Waals surface area contributed by atoms with E-state index in [9.17, 15) is 14.4 Å². The Morgan fingerprint density at radius 3 is 2.25 bits per heavy atom. The maximum atomic E-state index is 12.9. The SMILES string of the molecule is CCOC(=O)c1ccc(C(=O)N2CCN(CC(=O)Nc3c(C)cccc3C)CC2)nc1C. The molecule has 0 radical (unpaired) electrons. The van der Waals surface area contributed by atoms with Crippen molar-refractivity contribution in [3.63, 3.8) is 0 Å². The number of piperazine rings is 1. The zero-order valence-corrected chi connectivity index (χ0v) is 19.1. The molecule has 1 N–H and O–H groups in total. The maximum Gasteiger partial charge on any atom is 0.339 e. The van der Waals surface area contributed by atoms with Crippen molar-refractivity contribution in [3.05, 3.63) is 58.4 Å². The Bertz CT molecular complexity index is 993. The lowest BCUT2D eigenvalue weighted by Crippen LogP contribution is -2.50. The molecule has 8 nitrogen and oxygen atoms in total. The van der Waals surface area contributed by atoms with Crippen molar-refractivity contribution in [1.82, 2.24) is 14.8 Å². The van der Waals surface area contributed by atoms with Crippen LogP contribution in [0.3, 0.4) is 0 Å². The minimum atomic E-state index is -0.440. The minimum Gasteiger partial charge on any atom is -0.462 e. The average Bonchev–Trinajstić information content (AvgIpc) is 2.76. The summed E-state index contributed by atoms with van der Waals surface area (Å²) in [5, 5.41) is 3.01. The lowest BCUT2D eigenvalue weighted by molar-refractivity contribution is -0.117. The number of hydrogen-bond acceptors (Lipinski definition) is 6. The summed E-state index contributed by atoms with van der Waals surface area (Å²) in [5.74, 6) is -0.679. The number of aryl methyl sites for hydroxylation is 3. The van der Waals surface area contributed by atoms with Crippen LogP contribution in [0.4, 0.5) is 5.69 Å². The second-order valence-electron chi connectivity index (χ2n) is 7.93. The molecular weight excluding hydrogens is 408 g/mol. The molecule has 0 atom stereocenters. The van der Waals surface area contributed by atoms with Crippen LogP contribution in [0.2, 0.25) is 0 Å². The van der Waals surface area contributed by atoms with E-state index in [1.54, 1.807) is 30.9 Å². The quantitative estimate of drug-likeness (QED) is 0.697. The number of anilines is 1. The predicted molar refractivity (Wildman–Crippen MR) is 122 cm³/mol. The van der Waals surface area contributed by atoms with E-state index < -0.39 is 5.97 Å². The number of benzene rings is 1. The van der Waals surface area contributed by atoms with Crippen LogP contribution >= 0.6 is 0 Å². The third-order valence-electron chi connectivity index (χ3n) is 5.57. The normalized spacial score (nSPS) is 14.2. The van der Waals surface area contributed by atoms with E-state index in [4.69, 9.17) is 4.74 Å². The van der Waals surface area contributed by atoms with Gasteiger partial charge in [0.15, 0.2) is 0 Å². The fraction of sp³-hybridized carbons (Fsp3) is 0.417. The van der Waals surface area contributed by atoms with Gasteiger partial charge in [0.05, 0.1) is 24.4 Å². The molecule has 1 aromatic carbocycles. The van der Waals surface area contributed by atoms with Crippen LogP contribution < -0.4 is 5.32 Å². The Labute approximate surface area is 188 Å². The predicted octanol–water partition coefficient (Wildman–Crippen LogP) is 2.58. The standard InChI is InChI=1S/C24H30N4O4/c1-5-32-24(31)19-9-10-20(25-18(19)4)23(30)28-13-11-27(12-14-28)15-21(29)26-22-16(2)7-6-8-17(22)3/h6-10H,5,11-15H2,1-4H3,(H,26,29). The summed E-state index contributed by atoms with van der Waals surface area (Å²) in [5.41, 5.74) is 4.06. The second kappa shape index (κ2) is 10.4. The van der Waals surface area contributed by atoms with Gasteiger partial charge in [-0.15, -0.1) is 0 Å². The summed E-state index contributed by atoms with van der Waals surface area (Å²) in [6.07, 6.45) is 0.